The summed E-state index contributed by atoms with van der Waals surface area (Å²) in [5, 5.41) is 8.44. The predicted octanol–water partition coefficient (Wildman–Crippen LogP) is 22.6. The van der Waals surface area contributed by atoms with Crippen molar-refractivity contribution in [3.05, 3.63) is 199 Å². The molecule has 12 rings (SSSR count). The number of halogens is 2. The van der Waals surface area contributed by atoms with E-state index in [4.69, 9.17) is 0 Å². The molecule has 0 saturated heterocycles. The Morgan fingerprint density at radius 2 is 0.636 bits per heavy atom. The van der Waals surface area contributed by atoms with Gasteiger partial charge in [0.05, 0.1) is 0 Å². The minimum Gasteiger partial charge on any atom is -0.164 e. The summed E-state index contributed by atoms with van der Waals surface area (Å²) < 4.78 is 0. The van der Waals surface area contributed by atoms with Gasteiger partial charge in [-0.15, -0.1) is 128 Å². The van der Waals surface area contributed by atoms with Crippen LogP contribution in [-0.4, -0.2) is 0 Å². The normalized spacial score (nSPS) is 16.6. The van der Waals surface area contributed by atoms with Gasteiger partial charge in [0, 0.05) is 26.2 Å². The number of benzene rings is 6. The van der Waals surface area contributed by atoms with E-state index in [9.17, 15) is 0 Å². The Morgan fingerprint density at radius 3 is 0.961 bits per heavy atom. The van der Waals surface area contributed by atoms with E-state index in [1.807, 2.05) is 0 Å². The maximum absolute atomic E-state index is 2.52. The van der Waals surface area contributed by atoms with Crippen molar-refractivity contribution in [2.75, 3.05) is 0 Å². The molecule has 0 aliphatic heterocycles. The van der Waals surface area contributed by atoms with Crippen molar-refractivity contribution >= 4 is 57.1 Å². The molecule has 400 valence electrons. The Labute approximate surface area is 515 Å². The van der Waals surface area contributed by atoms with Crippen molar-refractivity contribution in [1.29, 1.82) is 0 Å². The van der Waals surface area contributed by atoms with Crippen molar-refractivity contribution in [2.24, 2.45) is 16.2 Å². The van der Waals surface area contributed by atoms with Crippen LogP contribution in [-0.2, 0) is 71.7 Å². The second-order valence-corrected chi connectivity index (χ2v) is 23.6. The van der Waals surface area contributed by atoms with E-state index < -0.39 is 0 Å². The van der Waals surface area contributed by atoms with Gasteiger partial charge in [-0.2, -0.15) is 18.2 Å². The number of rotatable bonds is 11. The standard InChI is InChI=1S/C25H29.2C24H27.2ClH.2Zr/c1-25(15-8-3-2-4-9-16-25)19-20-17-22-13-10-14-23(24(22)18-20)21-11-6-5-7-12-21;2*1-2-24(14-7-4-8-15-24)18-19-16-21-12-9-13-22(23(21)17-19)20-10-5-3-6-11-20;;;;/h5-7,10-14,17-18H,2-4,8-9,15-16,19H2,1H3;2*3,5-6,9-13,16-17H,2,4,7-8,14-15,18H2,1H3;2*1H;;/q3*-1;;;;+2. The molecule has 4 heteroatoms. The molecule has 0 unspecified atom stereocenters. The van der Waals surface area contributed by atoms with Gasteiger partial charge in [-0.1, -0.05) is 230 Å². The molecular weight excluding hydrogens is 1130 g/mol. The van der Waals surface area contributed by atoms with Crippen LogP contribution in [0.2, 0.25) is 0 Å². The fourth-order valence-corrected chi connectivity index (χ4v) is 14.0. The van der Waals surface area contributed by atoms with Crippen molar-refractivity contribution in [1.82, 2.24) is 0 Å². The summed E-state index contributed by atoms with van der Waals surface area (Å²) in [4.78, 5) is 0. The molecule has 0 aromatic heterocycles. The summed E-state index contributed by atoms with van der Waals surface area (Å²) >= 11 is 0. The average molecular weight is 1220 g/mol. The summed E-state index contributed by atoms with van der Waals surface area (Å²) in [6, 6.07) is 67.3. The van der Waals surface area contributed by atoms with Gasteiger partial charge in [0.1, 0.15) is 0 Å². The third kappa shape index (κ3) is 15.7. The molecule has 3 aliphatic rings. The first-order valence-corrected chi connectivity index (χ1v) is 29.0. The Balaban J connectivity index is 0.000000182. The number of hydrogen-bond acceptors (Lipinski definition) is 0. The summed E-state index contributed by atoms with van der Waals surface area (Å²) in [7, 11) is 0. The van der Waals surface area contributed by atoms with E-state index >= 15 is 0 Å². The maximum Gasteiger partial charge on any atom is 2.00 e. The fourth-order valence-electron chi connectivity index (χ4n) is 14.0. The van der Waals surface area contributed by atoms with Gasteiger partial charge < -0.3 is 0 Å². The Hall–Kier alpha value is -3.50. The Bertz CT molecular complexity index is 2980. The van der Waals surface area contributed by atoms with Crippen LogP contribution >= 0.6 is 24.8 Å². The van der Waals surface area contributed by atoms with Crippen molar-refractivity contribution in [3.8, 4) is 33.4 Å². The van der Waals surface area contributed by atoms with E-state index in [1.165, 1.54) is 224 Å². The second kappa shape index (κ2) is 29.8. The van der Waals surface area contributed by atoms with Crippen LogP contribution in [0, 0.1) is 16.2 Å². The topological polar surface area (TPSA) is 0 Å². The first-order valence-electron chi connectivity index (χ1n) is 29.0. The second-order valence-electron chi connectivity index (χ2n) is 23.6. The molecule has 0 spiro atoms. The van der Waals surface area contributed by atoms with Crippen LogP contribution < -0.4 is 0 Å². The minimum atomic E-state index is 0. The number of hydrogen-bond donors (Lipinski definition) is 0. The molecule has 3 saturated carbocycles. The quantitative estimate of drug-likeness (QED) is 0.113. The smallest absolute Gasteiger partial charge is 0.164 e. The van der Waals surface area contributed by atoms with E-state index in [1.54, 1.807) is 0 Å². The van der Waals surface area contributed by atoms with Gasteiger partial charge in [0.25, 0.3) is 0 Å². The van der Waals surface area contributed by atoms with Crippen LogP contribution in [0.5, 0.6) is 0 Å². The van der Waals surface area contributed by atoms with Crippen LogP contribution in [0.15, 0.2) is 182 Å². The molecule has 77 heavy (non-hydrogen) atoms. The molecular formula is C73H85Cl2Zr2-. The summed E-state index contributed by atoms with van der Waals surface area (Å²) in [5.74, 6) is 0. The molecule has 0 N–H and O–H groups in total. The van der Waals surface area contributed by atoms with Gasteiger partial charge in [0.15, 0.2) is 0 Å². The van der Waals surface area contributed by atoms with Gasteiger partial charge in [0.2, 0.25) is 0 Å². The molecule has 0 atom stereocenters. The first-order chi connectivity index (χ1) is 35.8. The van der Waals surface area contributed by atoms with Crippen molar-refractivity contribution in [2.45, 2.75) is 162 Å². The minimum absolute atomic E-state index is 0. The molecule has 3 aliphatic carbocycles. The SMILES string of the molecule is CC1(Cc2cc3c(-c4ccccc4)cccc3[cH-]2)CCCCCCC1.CCC1(Cc2cc3c(-c4ccccc4)cccc3[cH-]2)CCCCC1.CCC1(Cc2cc3c(-c4ccccc4)cccc3[cH-]2)CCCCC1.Cl.Cl.[Zr+2].[Zr]. The molecule has 0 bridgehead atoms. The van der Waals surface area contributed by atoms with E-state index in [-0.39, 0.29) is 77.2 Å². The number of fused-ring (bicyclic) bond motifs is 3. The van der Waals surface area contributed by atoms with Crippen LogP contribution in [0.3, 0.4) is 0 Å². The average Bonchev–Trinajstić information content (AvgIpc) is 4.17. The van der Waals surface area contributed by atoms with Gasteiger partial charge >= 0.3 is 26.2 Å². The van der Waals surface area contributed by atoms with Gasteiger partial charge in [-0.3, -0.25) is 0 Å². The Morgan fingerprint density at radius 1 is 0.351 bits per heavy atom. The first kappa shape index (κ1) is 62.7. The zero-order valence-electron chi connectivity index (χ0n) is 46.7. The molecule has 0 nitrogen and oxygen atoms in total. The van der Waals surface area contributed by atoms with Crippen molar-refractivity contribution in [3.63, 3.8) is 0 Å². The van der Waals surface area contributed by atoms with Gasteiger partial charge in [-0.05, 0) is 90.7 Å². The third-order valence-electron chi connectivity index (χ3n) is 18.4. The van der Waals surface area contributed by atoms with Gasteiger partial charge in [-0.25, -0.2) is 0 Å². The summed E-state index contributed by atoms with van der Waals surface area (Å²) in [5.41, 5.74) is 14.3. The third-order valence-corrected chi connectivity index (χ3v) is 18.4. The molecule has 9 aromatic carbocycles. The monoisotopic (exact) mass is 1210 g/mol. The van der Waals surface area contributed by atoms with E-state index in [2.05, 4.69) is 203 Å². The fraction of sp³-hybridized carbons (Fsp3) is 0.384. The maximum atomic E-state index is 2.52. The molecule has 0 heterocycles. The predicted molar refractivity (Wildman–Crippen MR) is 333 cm³/mol. The van der Waals surface area contributed by atoms with Crippen molar-refractivity contribution < 1.29 is 52.4 Å². The largest absolute Gasteiger partial charge is 2.00 e. The molecule has 0 radical (unpaired) electrons. The zero-order valence-corrected chi connectivity index (χ0v) is 53.2. The summed E-state index contributed by atoms with van der Waals surface area (Å²) in [6.07, 6.45) is 30.5. The van der Waals surface area contributed by atoms with E-state index in [0.717, 1.165) is 0 Å². The van der Waals surface area contributed by atoms with Crippen LogP contribution in [0.1, 0.15) is 159 Å². The summed E-state index contributed by atoms with van der Waals surface area (Å²) in [6.45, 7) is 7.31. The molecule has 0 amide bonds. The van der Waals surface area contributed by atoms with Crippen LogP contribution in [0.4, 0.5) is 0 Å². The van der Waals surface area contributed by atoms with Crippen LogP contribution in [0.25, 0.3) is 65.7 Å². The zero-order chi connectivity index (χ0) is 49.9. The van der Waals surface area contributed by atoms with E-state index in [0.29, 0.717) is 16.2 Å². The molecule has 9 aromatic rings. The Kier molecular flexibility index (Phi) is 24.3. The molecule has 3 fully saturated rings.